The van der Waals surface area contributed by atoms with Crippen molar-refractivity contribution in [3.05, 3.63) is 0 Å². The Balaban J connectivity index is 1.99. The smallest absolute Gasteiger partial charge is 0.228 e. The van der Waals surface area contributed by atoms with Gasteiger partial charge in [0.25, 0.3) is 0 Å². The summed E-state index contributed by atoms with van der Waals surface area (Å²) in [6.45, 7) is 3.31. The molecule has 0 spiro atoms. The SMILES string of the molecule is CCC1OCCC1C(=O)N(CCO)C1CCC1. The van der Waals surface area contributed by atoms with Gasteiger partial charge in [-0.3, -0.25) is 4.79 Å². The minimum Gasteiger partial charge on any atom is -0.395 e. The second kappa shape index (κ2) is 5.83. The number of aliphatic hydroxyl groups is 1. The summed E-state index contributed by atoms with van der Waals surface area (Å²) in [5.74, 6) is 0.222. The maximum absolute atomic E-state index is 12.5. The molecule has 98 valence electrons. The minimum atomic E-state index is 0.0205. The van der Waals surface area contributed by atoms with Gasteiger partial charge < -0.3 is 14.7 Å². The molecular weight excluding hydrogens is 218 g/mol. The second-order valence-electron chi connectivity index (χ2n) is 5.05. The number of carbonyl (C=O) groups is 1. The van der Waals surface area contributed by atoms with E-state index in [0.717, 1.165) is 25.7 Å². The van der Waals surface area contributed by atoms with E-state index in [0.29, 0.717) is 19.2 Å². The first-order valence-electron chi connectivity index (χ1n) is 6.80. The van der Waals surface area contributed by atoms with Crippen molar-refractivity contribution >= 4 is 5.91 Å². The summed E-state index contributed by atoms with van der Waals surface area (Å²) in [7, 11) is 0. The van der Waals surface area contributed by atoms with Crippen LogP contribution in [-0.4, -0.2) is 47.8 Å². The quantitative estimate of drug-likeness (QED) is 0.786. The predicted molar refractivity (Wildman–Crippen MR) is 64.6 cm³/mol. The van der Waals surface area contributed by atoms with Gasteiger partial charge in [0, 0.05) is 19.2 Å². The summed E-state index contributed by atoms with van der Waals surface area (Å²) < 4.78 is 5.59. The molecule has 4 heteroatoms. The first-order chi connectivity index (χ1) is 8.27. The lowest BCUT2D eigenvalue weighted by atomic mass is 9.89. The monoisotopic (exact) mass is 241 g/mol. The lowest BCUT2D eigenvalue weighted by Gasteiger charge is -2.39. The molecule has 1 heterocycles. The molecule has 2 fully saturated rings. The van der Waals surface area contributed by atoms with E-state index < -0.39 is 0 Å². The van der Waals surface area contributed by atoms with Crippen LogP contribution < -0.4 is 0 Å². The van der Waals surface area contributed by atoms with Crippen molar-refractivity contribution in [3.8, 4) is 0 Å². The molecule has 0 bridgehead atoms. The molecule has 2 aliphatic rings. The van der Waals surface area contributed by atoms with Crippen LogP contribution in [0.15, 0.2) is 0 Å². The molecule has 2 unspecified atom stereocenters. The molecule has 0 aromatic carbocycles. The van der Waals surface area contributed by atoms with Gasteiger partial charge >= 0.3 is 0 Å². The Morgan fingerprint density at radius 1 is 1.41 bits per heavy atom. The summed E-state index contributed by atoms with van der Waals surface area (Å²) in [6, 6.07) is 0.368. The fraction of sp³-hybridized carbons (Fsp3) is 0.923. The molecule has 2 atom stereocenters. The van der Waals surface area contributed by atoms with Crippen LogP contribution >= 0.6 is 0 Å². The van der Waals surface area contributed by atoms with E-state index in [1.807, 2.05) is 4.90 Å². The summed E-state index contributed by atoms with van der Waals surface area (Å²) in [5.41, 5.74) is 0. The van der Waals surface area contributed by atoms with Gasteiger partial charge in [0.05, 0.1) is 18.6 Å². The summed E-state index contributed by atoms with van der Waals surface area (Å²) in [5, 5.41) is 9.09. The molecule has 0 aromatic rings. The maximum atomic E-state index is 12.5. The van der Waals surface area contributed by atoms with E-state index in [4.69, 9.17) is 9.84 Å². The third kappa shape index (κ3) is 2.63. The molecule has 1 aliphatic heterocycles. The van der Waals surface area contributed by atoms with Gasteiger partial charge in [0.1, 0.15) is 0 Å². The first kappa shape index (κ1) is 12.8. The zero-order chi connectivity index (χ0) is 12.3. The molecule has 1 aliphatic carbocycles. The van der Waals surface area contributed by atoms with Gasteiger partial charge in [-0.15, -0.1) is 0 Å². The number of ether oxygens (including phenoxy) is 1. The molecule has 1 saturated carbocycles. The Morgan fingerprint density at radius 2 is 2.18 bits per heavy atom. The number of amides is 1. The molecule has 17 heavy (non-hydrogen) atoms. The van der Waals surface area contributed by atoms with Crippen LogP contribution in [0.4, 0.5) is 0 Å². The topological polar surface area (TPSA) is 49.8 Å². The van der Waals surface area contributed by atoms with E-state index in [2.05, 4.69) is 6.92 Å². The van der Waals surface area contributed by atoms with Crippen molar-refractivity contribution in [2.45, 2.75) is 51.2 Å². The first-order valence-corrected chi connectivity index (χ1v) is 6.80. The zero-order valence-electron chi connectivity index (χ0n) is 10.6. The van der Waals surface area contributed by atoms with Gasteiger partial charge in [-0.1, -0.05) is 6.92 Å². The van der Waals surface area contributed by atoms with Crippen molar-refractivity contribution in [1.82, 2.24) is 4.90 Å². The van der Waals surface area contributed by atoms with E-state index in [1.165, 1.54) is 6.42 Å². The molecule has 0 aromatic heterocycles. The highest BCUT2D eigenvalue weighted by molar-refractivity contribution is 5.80. The molecule has 0 radical (unpaired) electrons. The van der Waals surface area contributed by atoms with Crippen molar-refractivity contribution in [3.63, 3.8) is 0 Å². The van der Waals surface area contributed by atoms with Crippen molar-refractivity contribution < 1.29 is 14.6 Å². The van der Waals surface area contributed by atoms with Crippen LogP contribution in [0.5, 0.6) is 0 Å². The number of rotatable bonds is 5. The van der Waals surface area contributed by atoms with Gasteiger partial charge in [-0.2, -0.15) is 0 Å². The summed E-state index contributed by atoms with van der Waals surface area (Å²) >= 11 is 0. The Morgan fingerprint density at radius 3 is 2.71 bits per heavy atom. The average Bonchev–Trinajstić information content (AvgIpc) is 2.73. The third-order valence-corrected chi connectivity index (χ3v) is 4.07. The van der Waals surface area contributed by atoms with Crippen LogP contribution in [0.1, 0.15) is 39.0 Å². The Labute approximate surface area is 103 Å². The van der Waals surface area contributed by atoms with Crippen LogP contribution in [0.25, 0.3) is 0 Å². The van der Waals surface area contributed by atoms with Crippen molar-refractivity contribution in [1.29, 1.82) is 0 Å². The fourth-order valence-electron chi connectivity index (χ4n) is 2.83. The zero-order valence-corrected chi connectivity index (χ0v) is 10.6. The lowest BCUT2D eigenvalue weighted by molar-refractivity contribution is -0.142. The van der Waals surface area contributed by atoms with Crippen LogP contribution in [0.3, 0.4) is 0 Å². The molecule has 4 nitrogen and oxygen atoms in total. The van der Waals surface area contributed by atoms with E-state index in [-0.39, 0.29) is 24.5 Å². The average molecular weight is 241 g/mol. The fourth-order valence-corrected chi connectivity index (χ4v) is 2.83. The van der Waals surface area contributed by atoms with Crippen LogP contribution in [0, 0.1) is 5.92 Å². The second-order valence-corrected chi connectivity index (χ2v) is 5.05. The van der Waals surface area contributed by atoms with Gasteiger partial charge in [-0.25, -0.2) is 0 Å². The van der Waals surface area contributed by atoms with Crippen molar-refractivity contribution in [2.75, 3.05) is 19.8 Å². The minimum absolute atomic E-state index is 0.0205. The molecule has 1 N–H and O–H groups in total. The Bertz CT molecular complexity index is 265. The number of carbonyl (C=O) groups excluding carboxylic acids is 1. The Kier molecular flexibility index (Phi) is 4.40. The number of hydrogen-bond donors (Lipinski definition) is 1. The van der Waals surface area contributed by atoms with E-state index in [9.17, 15) is 4.79 Å². The summed E-state index contributed by atoms with van der Waals surface area (Å²) in [4.78, 5) is 14.4. The highest BCUT2D eigenvalue weighted by Gasteiger charge is 2.38. The molecule has 1 amide bonds. The van der Waals surface area contributed by atoms with E-state index in [1.54, 1.807) is 0 Å². The van der Waals surface area contributed by atoms with Gasteiger partial charge in [0.2, 0.25) is 5.91 Å². The van der Waals surface area contributed by atoms with E-state index >= 15 is 0 Å². The maximum Gasteiger partial charge on any atom is 0.228 e. The van der Waals surface area contributed by atoms with Crippen LogP contribution in [0.2, 0.25) is 0 Å². The highest BCUT2D eigenvalue weighted by Crippen LogP contribution is 2.30. The standard InChI is InChI=1S/C13H23NO3/c1-2-12-11(6-9-17-12)13(16)14(7-8-15)10-4-3-5-10/h10-12,15H,2-9H2,1H3. The number of nitrogens with zero attached hydrogens (tertiary/aromatic N) is 1. The Hall–Kier alpha value is -0.610. The predicted octanol–water partition coefficient (Wildman–Crippen LogP) is 1.17. The molecule has 2 rings (SSSR count). The van der Waals surface area contributed by atoms with Crippen molar-refractivity contribution in [2.24, 2.45) is 5.92 Å². The van der Waals surface area contributed by atoms with Gasteiger partial charge in [0.15, 0.2) is 0 Å². The van der Waals surface area contributed by atoms with Crippen LogP contribution in [-0.2, 0) is 9.53 Å². The third-order valence-electron chi connectivity index (χ3n) is 4.07. The normalized spacial score (nSPS) is 29.1. The lowest BCUT2D eigenvalue weighted by Crippen LogP contribution is -2.49. The largest absolute Gasteiger partial charge is 0.395 e. The summed E-state index contributed by atoms with van der Waals surface area (Å²) in [6.07, 6.45) is 5.22. The molecule has 1 saturated heterocycles. The number of hydrogen-bond acceptors (Lipinski definition) is 3. The van der Waals surface area contributed by atoms with Gasteiger partial charge in [-0.05, 0) is 32.1 Å². The number of aliphatic hydroxyl groups excluding tert-OH is 1. The highest BCUT2D eigenvalue weighted by atomic mass is 16.5. The molecular formula is C13H23NO3.